The maximum absolute atomic E-state index is 12.3. The minimum absolute atomic E-state index is 0.0494. The molecule has 3 rings (SSSR count). The van der Waals surface area contributed by atoms with Crippen LogP contribution in [-0.2, 0) is 0 Å². The highest BCUT2D eigenvalue weighted by Gasteiger charge is 2.32. The van der Waals surface area contributed by atoms with Gasteiger partial charge in [0.15, 0.2) is 11.5 Å². The van der Waals surface area contributed by atoms with Gasteiger partial charge in [-0.05, 0) is 35.9 Å². The number of benzene rings is 2. The molecule has 0 aromatic heterocycles. The van der Waals surface area contributed by atoms with Crippen molar-refractivity contribution in [2.24, 2.45) is 0 Å². The van der Waals surface area contributed by atoms with E-state index in [1.807, 2.05) is 0 Å². The zero-order valence-electron chi connectivity index (χ0n) is 12.6. The van der Waals surface area contributed by atoms with Crippen molar-refractivity contribution in [1.29, 1.82) is 0 Å². The molecule has 0 atom stereocenters. The number of hydrogen-bond acceptors (Lipinski definition) is 5. The van der Waals surface area contributed by atoms with Gasteiger partial charge < -0.3 is 24.7 Å². The van der Waals surface area contributed by atoms with E-state index in [9.17, 15) is 14.7 Å². The highest BCUT2D eigenvalue weighted by Crippen LogP contribution is 2.39. The molecule has 23 heavy (non-hydrogen) atoms. The van der Waals surface area contributed by atoms with Crippen LogP contribution < -0.4 is 19.9 Å². The van der Waals surface area contributed by atoms with Crippen molar-refractivity contribution < 1.29 is 24.2 Å². The first-order valence-corrected chi connectivity index (χ1v) is 6.99. The van der Waals surface area contributed by atoms with E-state index >= 15 is 0 Å². The Kier molecular flexibility index (Phi) is 3.44. The molecule has 118 valence electrons. The Hall–Kier alpha value is -3.02. The molecular weight excluding hydrogens is 298 g/mol. The van der Waals surface area contributed by atoms with Crippen LogP contribution in [0.1, 0.15) is 34.6 Å². The Morgan fingerprint density at radius 3 is 2.22 bits per heavy atom. The Morgan fingerprint density at radius 1 is 0.957 bits per heavy atom. The van der Waals surface area contributed by atoms with E-state index in [-0.39, 0.29) is 11.5 Å². The van der Waals surface area contributed by atoms with Gasteiger partial charge in [0.1, 0.15) is 0 Å². The van der Waals surface area contributed by atoms with Gasteiger partial charge in [0.2, 0.25) is 5.79 Å². The third kappa shape index (κ3) is 3.11. The molecule has 6 nitrogen and oxygen atoms in total. The van der Waals surface area contributed by atoms with Gasteiger partial charge in [0.25, 0.3) is 5.91 Å². The van der Waals surface area contributed by atoms with Crippen LogP contribution in [0.2, 0.25) is 0 Å². The van der Waals surface area contributed by atoms with Gasteiger partial charge in [-0.3, -0.25) is 4.79 Å². The summed E-state index contributed by atoms with van der Waals surface area (Å²) >= 11 is 0. The van der Waals surface area contributed by atoms with Crippen LogP contribution in [0.4, 0.5) is 5.69 Å². The number of anilines is 1. The first kappa shape index (κ1) is 14.9. The van der Waals surface area contributed by atoms with Crippen molar-refractivity contribution in [3.05, 3.63) is 53.6 Å². The average molecular weight is 312 g/mol. The second-order valence-corrected chi connectivity index (χ2v) is 5.58. The van der Waals surface area contributed by atoms with Crippen molar-refractivity contribution in [2.45, 2.75) is 19.6 Å². The Morgan fingerprint density at radius 2 is 1.57 bits per heavy atom. The molecule has 0 saturated carbocycles. The van der Waals surface area contributed by atoms with Crippen LogP contribution in [0.25, 0.3) is 0 Å². The highest BCUT2D eigenvalue weighted by molar-refractivity contribution is 6.04. The van der Waals surface area contributed by atoms with Crippen LogP contribution in [-0.4, -0.2) is 17.7 Å². The molecule has 2 aromatic carbocycles. The number of amides is 1. The Labute approximate surface area is 132 Å². The summed E-state index contributed by atoms with van der Waals surface area (Å²) in [6.45, 7) is 3.57. The van der Waals surface area contributed by atoms with E-state index in [0.29, 0.717) is 22.7 Å². The van der Waals surface area contributed by atoms with E-state index in [2.05, 4.69) is 5.32 Å². The van der Waals surface area contributed by atoms with Gasteiger partial charge in [-0.1, -0.05) is 12.1 Å². The Balaban J connectivity index is 1.75. The zero-order valence-corrected chi connectivity index (χ0v) is 12.6. The van der Waals surface area contributed by atoms with E-state index < -0.39 is 11.8 Å². The lowest BCUT2D eigenvalue weighted by Gasteiger charge is -2.16. The summed E-state index contributed by atoms with van der Waals surface area (Å²) in [4.78, 5) is 23.0. The number of hydrogen-bond donors (Lipinski definition) is 1. The lowest BCUT2D eigenvalue weighted by Crippen LogP contribution is -2.29. The standard InChI is InChI=1S/C17H15NO5/c1-17(2)22-13-8-5-11(9-14(13)23-17)15(19)18-12-6-3-10(4-7-12)16(20)21/h3-9H,1-2H3,(H,18,19)(H,20,21)/p-1. The summed E-state index contributed by atoms with van der Waals surface area (Å²) in [6, 6.07) is 10.7. The molecule has 0 unspecified atom stereocenters. The second-order valence-electron chi connectivity index (χ2n) is 5.58. The van der Waals surface area contributed by atoms with Gasteiger partial charge in [-0.15, -0.1) is 0 Å². The van der Waals surface area contributed by atoms with Crippen LogP contribution in [0, 0.1) is 0 Å². The number of rotatable bonds is 3. The molecule has 1 amide bonds. The van der Waals surface area contributed by atoms with Gasteiger partial charge in [-0.25, -0.2) is 0 Å². The fourth-order valence-electron chi connectivity index (χ4n) is 2.26. The minimum atomic E-state index is -1.26. The Bertz CT molecular complexity index is 780. The van der Waals surface area contributed by atoms with E-state index in [1.54, 1.807) is 32.0 Å². The highest BCUT2D eigenvalue weighted by atomic mass is 16.7. The lowest BCUT2D eigenvalue weighted by molar-refractivity contribution is -0.255. The summed E-state index contributed by atoms with van der Waals surface area (Å²) < 4.78 is 11.2. The first-order chi connectivity index (χ1) is 10.8. The monoisotopic (exact) mass is 312 g/mol. The van der Waals surface area contributed by atoms with E-state index in [4.69, 9.17) is 9.47 Å². The molecule has 0 spiro atoms. The molecule has 2 aromatic rings. The predicted octanol–water partition coefficient (Wildman–Crippen LogP) is 1.81. The van der Waals surface area contributed by atoms with Crippen LogP contribution >= 0.6 is 0 Å². The number of carboxylic acid groups (broad SMARTS) is 1. The van der Waals surface area contributed by atoms with Gasteiger partial charge in [0.05, 0.1) is 5.97 Å². The molecule has 0 bridgehead atoms. The van der Waals surface area contributed by atoms with E-state index in [0.717, 1.165) is 0 Å². The number of carbonyl (C=O) groups excluding carboxylic acids is 2. The van der Waals surface area contributed by atoms with Gasteiger partial charge in [0, 0.05) is 25.1 Å². The third-order valence-electron chi connectivity index (χ3n) is 3.30. The molecule has 0 radical (unpaired) electrons. The summed E-state index contributed by atoms with van der Waals surface area (Å²) in [5.74, 6) is -1.25. The van der Waals surface area contributed by atoms with Crippen molar-refractivity contribution in [2.75, 3.05) is 5.32 Å². The number of aromatic carboxylic acids is 1. The van der Waals surface area contributed by atoms with Crippen LogP contribution in [0.5, 0.6) is 11.5 Å². The zero-order chi connectivity index (χ0) is 16.6. The number of fused-ring (bicyclic) bond motifs is 1. The minimum Gasteiger partial charge on any atom is -0.545 e. The molecule has 1 N–H and O–H groups in total. The van der Waals surface area contributed by atoms with Gasteiger partial charge >= 0.3 is 0 Å². The number of carboxylic acids is 1. The van der Waals surface area contributed by atoms with Crippen LogP contribution in [0.3, 0.4) is 0 Å². The topological polar surface area (TPSA) is 87.7 Å². The summed E-state index contributed by atoms with van der Waals surface area (Å²) in [7, 11) is 0. The number of carbonyl (C=O) groups is 2. The van der Waals surface area contributed by atoms with Crippen molar-refractivity contribution in [3.8, 4) is 11.5 Å². The number of ether oxygens (including phenoxy) is 2. The average Bonchev–Trinajstić information content (AvgIpc) is 2.80. The maximum atomic E-state index is 12.3. The fraction of sp³-hybridized carbons (Fsp3) is 0.176. The third-order valence-corrected chi connectivity index (χ3v) is 3.30. The van der Waals surface area contributed by atoms with Crippen molar-refractivity contribution in [3.63, 3.8) is 0 Å². The molecular formula is C17H14NO5-. The lowest BCUT2D eigenvalue weighted by atomic mass is 10.1. The molecule has 6 heteroatoms. The van der Waals surface area contributed by atoms with E-state index in [1.165, 1.54) is 24.3 Å². The SMILES string of the molecule is CC1(C)Oc2ccc(C(=O)Nc3ccc(C(=O)[O-])cc3)cc2O1. The predicted molar refractivity (Wildman–Crippen MR) is 80.5 cm³/mol. The molecule has 1 heterocycles. The molecule has 1 aliphatic rings. The second kappa shape index (κ2) is 5.31. The van der Waals surface area contributed by atoms with Gasteiger partial charge in [-0.2, -0.15) is 0 Å². The van der Waals surface area contributed by atoms with Crippen LogP contribution in [0.15, 0.2) is 42.5 Å². The summed E-state index contributed by atoms with van der Waals surface area (Å²) in [5.41, 5.74) is 0.945. The fourth-order valence-corrected chi connectivity index (χ4v) is 2.26. The van der Waals surface area contributed by atoms with Crippen molar-refractivity contribution in [1.82, 2.24) is 0 Å². The molecule has 0 aliphatic carbocycles. The molecule has 1 aliphatic heterocycles. The smallest absolute Gasteiger partial charge is 0.255 e. The summed E-state index contributed by atoms with van der Waals surface area (Å²) in [5, 5.41) is 13.4. The first-order valence-electron chi connectivity index (χ1n) is 6.99. The quantitative estimate of drug-likeness (QED) is 0.934. The summed E-state index contributed by atoms with van der Waals surface area (Å²) in [6.07, 6.45) is 0. The largest absolute Gasteiger partial charge is 0.545 e. The number of nitrogens with one attached hydrogen (secondary N) is 1. The normalized spacial score (nSPS) is 14.3. The molecule has 0 saturated heterocycles. The molecule has 0 fully saturated rings. The maximum Gasteiger partial charge on any atom is 0.255 e. The van der Waals surface area contributed by atoms with Crippen molar-refractivity contribution >= 4 is 17.6 Å².